The molecule has 0 atom stereocenters. The van der Waals surface area contributed by atoms with Crippen LogP contribution in [0.5, 0.6) is 5.75 Å². The van der Waals surface area contributed by atoms with Gasteiger partial charge >= 0.3 is 0 Å². The lowest BCUT2D eigenvalue weighted by molar-refractivity contribution is 0.242. The third-order valence-electron chi connectivity index (χ3n) is 2.03. The van der Waals surface area contributed by atoms with Gasteiger partial charge in [-0.2, -0.15) is 0 Å². The van der Waals surface area contributed by atoms with Crippen molar-refractivity contribution < 1.29 is 9.15 Å². The number of hydrogen-bond donors (Lipinski definition) is 0. The summed E-state index contributed by atoms with van der Waals surface area (Å²) >= 11 is 0. The van der Waals surface area contributed by atoms with Crippen LogP contribution in [-0.2, 0) is 0 Å². The standard InChI is InChI=1S/C13H14O2/c1-10(2)15-12-7-5-11(6-8-12)13-4-3-9-14-13/h3-10H,1-2H3. The van der Waals surface area contributed by atoms with Crippen molar-refractivity contribution in [2.24, 2.45) is 0 Å². The average molecular weight is 202 g/mol. The molecule has 1 heterocycles. The Labute approximate surface area is 89.5 Å². The van der Waals surface area contributed by atoms with E-state index in [1.165, 1.54) is 0 Å². The minimum atomic E-state index is 0.208. The molecular weight excluding hydrogens is 188 g/mol. The summed E-state index contributed by atoms with van der Waals surface area (Å²) in [5.74, 6) is 1.77. The first-order chi connectivity index (χ1) is 7.25. The molecule has 0 radical (unpaired) electrons. The smallest absolute Gasteiger partial charge is 0.133 e. The second kappa shape index (κ2) is 4.22. The van der Waals surface area contributed by atoms with E-state index < -0.39 is 0 Å². The minimum absolute atomic E-state index is 0.208. The van der Waals surface area contributed by atoms with E-state index in [0.717, 1.165) is 17.1 Å². The molecule has 0 spiro atoms. The first-order valence-electron chi connectivity index (χ1n) is 5.06. The van der Waals surface area contributed by atoms with Gasteiger partial charge in [-0.15, -0.1) is 0 Å². The highest BCUT2D eigenvalue weighted by molar-refractivity contribution is 5.58. The van der Waals surface area contributed by atoms with E-state index in [0.29, 0.717) is 0 Å². The Bertz CT molecular complexity index is 399. The van der Waals surface area contributed by atoms with Crippen molar-refractivity contribution in [1.29, 1.82) is 0 Å². The van der Waals surface area contributed by atoms with Gasteiger partial charge in [0.05, 0.1) is 12.4 Å². The first kappa shape index (κ1) is 9.84. The molecule has 0 amide bonds. The molecule has 78 valence electrons. The maximum atomic E-state index is 5.56. The zero-order chi connectivity index (χ0) is 10.7. The average Bonchev–Trinajstić information content (AvgIpc) is 2.71. The van der Waals surface area contributed by atoms with Gasteiger partial charge in [0.15, 0.2) is 0 Å². The number of benzene rings is 1. The molecule has 0 saturated heterocycles. The van der Waals surface area contributed by atoms with Crippen LogP contribution >= 0.6 is 0 Å². The SMILES string of the molecule is CC(C)Oc1ccc(-c2ccco2)cc1. The van der Waals surface area contributed by atoms with Crippen molar-refractivity contribution in [2.75, 3.05) is 0 Å². The Balaban J connectivity index is 2.17. The van der Waals surface area contributed by atoms with Crippen molar-refractivity contribution in [3.8, 4) is 17.1 Å². The lowest BCUT2D eigenvalue weighted by atomic mass is 10.2. The summed E-state index contributed by atoms with van der Waals surface area (Å²) in [6.07, 6.45) is 1.88. The molecule has 15 heavy (non-hydrogen) atoms. The van der Waals surface area contributed by atoms with Crippen LogP contribution in [0.15, 0.2) is 47.1 Å². The number of furan rings is 1. The number of hydrogen-bond acceptors (Lipinski definition) is 2. The van der Waals surface area contributed by atoms with Crippen LogP contribution in [0.3, 0.4) is 0 Å². The molecule has 2 rings (SSSR count). The van der Waals surface area contributed by atoms with Crippen LogP contribution in [0.1, 0.15) is 13.8 Å². The highest BCUT2D eigenvalue weighted by Crippen LogP contribution is 2.22. The summed E-state index contributed by atoms with van der Waals surface area (Å²) < 4.78 is 10.9. The molecule has 1 aromatic heterocycles. The molecule has 1 aromatic carbocycles. The zero-order valence-corrected chi connectivity index (χ0v) is 8.94. The first-order valence-corrected chi connectivity index (χ1v) is 5.06. The molecule has 0 fully saturated rings. The Hall–Kier alpha value is -1.70. The monoisotopic (exact) mass is 202 g/mol. The highest BCUT2D eigenvalue weighted by Gasteiger charge is 2.01. The molecule has 0 saturated carbocycles. The molecule has 0 N–H and O–H groups in total. The molecule has 0 unspecified atom stereocenters. The van der Waals surface area contributed by atoms with Crippen LogP contribution in [0.25, 0.3) is 11.3 Å². The van der Waals surface area contributed by atoms with E-state index in [2.05, 4.69) is 0 Å². The molecule has 2 nitrogen and oxygen atoms in total. The summed E-state index contributed by atoms with van der Waals surface area (Å²) in [5, 5.41) is 0. The van der Waals surface area contributed by atoms with Crippen molar-refractivity contribution in [3.63, 3.8) is 0 Å². The molecule has 0 aliphatic carbocycles. The third kappa shape index (κ3) is 2.40. The molecular formula is C13H14O2. The van der Waals surface area contributed by atoms with Crippen molar-refractivity contribution >= 4 is 0 Å². The Morgan fingerprint density at radius 1 is 1.07 bits per heavy atom. The topological polar surface area (TPSA) is 22.4 Å². The summed E-state index contributed by atoms with van der Waals surface area (Å²) in [4.78, 5) is 0. The van der Waals surface area contributed by atoms with Gasteiger partial charge in [-0.25, -0.2) is 0 Å². The van der Waals surface area contributed by atoms with Crippen molar-refractivity contribution in [3.05, 3.63) is 42.7 Å². The molecule has 0 aliphatic heterocycles. The summed E-state index contributed by atoms with van der Waals surface area (Å²) in [6, 6.07) is 11.7. The minimum Gasteiger partial charge on any atom is -0.491 e. The summed E-state index contributed by atoms with van der Waals surface area (Å²) in [6.45, 7) is 4.03. The van der Waals surface area contributed by atoms with Crippen LogP contribution in [0.2, 0.25) is 0 Å². The maximum Gasteiger partial charge on any atom is 0.133 e. The van der Waals surface area contributed by atoms with Crippen LogP contribution in [0, 0.1) is 0 Å². The summed E-state index contributed by atoms with van der Waals surface area (Å²) in [5.41, 5.74) is 1.07. The lowest BCUT2D eigenvalue weighted by Crippen LogP contribution is -2.05. The molecule has 0 bridgehead atoms. The molecule has 2 heteroatoms. The Morgan fingerprint density at radius 3 is 2.33 bits per heavy atom. The second-order valence-electron chi connectivity index (χ2n) is 3.67. The van der Waals surface area contributed by atoms with Crippen molar-refractivity contribution in [1.82, 2.24) is 0 Å². The predicted molar refractivity (Wildman–Crippen MR) is 59.9 cm³/mol. The Morgan fingerprint density at radius 2 is 1.80 bits per heavy atom. The second-order valence-corrected chi connectivity index (χ2v) is 3.67. The summed E-state index contributed by atoms with van der Waals surface area (Å²) in [7, 11) is 0. The van der Waals surface area contributed by atoms with Crippen LogP contribution in [0.4, 0.5) is 0 Å². The van der Waals surface area contributed by atoms with E-state index in [9.17, 15) is 0 Å². The third-order valence-corrected chi connectivity index (χ3v) is 2.03. The Kier molecular flexibility index (Phi) is 2.77. The maximum absolute atomic E-state index is 5.56. The van der Waals surface area contributed by atoms with Gasteiger partial charge in [0.1, 0.15) is 11.5 Å². The highest BCUT2D eigenvalue weighted by atomic mass is 16.5. The zero-order valence-electron chi connectivity index (χ0n) is 8.94. The quantitative estimate of drug-likeness (QED) is 0.756. The molecule has 2 aromatic rings. The largest absolute Gasteiger partial charge is 0.491 e. The number of rotatable bonds is 3. The van der Waals surface area contributed by atoms with Gasteiger partial charge < -0.3 is 9.15 Å². The predicted octanol–water partition coefficient (Wildman–Crippen LogP) is 3.73. The van der Waals surface area contributed by atoms with Gasteiger partial charge in [0.2, 0.25) is 0 Å². The van der Waals surface area contributed by atoms with Crippen LogP contribution < -0.4 is 4.74 Å². The fourth-order valence-electron chi connectivity index (χ4n) is 1.41. The lowest BCUT2D eigenvalue weighted by Gasteiger charge is -2.09. The number of ether oxygens (including phenoxy) is 1. The van der Waals surface area contributed by atoms with Gasteiger partial charge in [-0.1, -0.05) is 0 Å². The fraction of sp³-hybridized carbons (Fsp3) is 0.231. The van der Waals surface area contributed by atoms with E-state index >= 15 is 0 Å². The van der Waals surface area contributed by atoms with E-state index in [1.807, 2.05) is 50.2 Å². The van der Waals surface area contributed by atoms with E-state index in [-0.39, 0.29) is 6.10 Å². The van der Waals surface area contributed by atoms with Gasteiger partial charge in [-0.05, 0) is 50.2 Å². The van der Waals surface area contributed by atoms with Crippen LogP contribution in [-0.4, -0.2) is 6.10 Å². The van der Waals surface area contributed by atoms with Crippen molar-refractivity contribution in [2.45, 2.75) is 20.0 Å². The van der Waals surface area contributed by atoms with E-state index in [1.54, 1.807) is 6.26 Å². The molecule has 0 aliphatic rings. The van der Waals surface area contributed by atoms with E-state index in [4.69, 9.17) is 9.15 Å². The normalized spacial score (nSPS) is 10.6. The van der Waals surface area contributed by atoms with Gasteiger partial charge in [0, 0.05) is 5.56 Å². The van der Waals surface area contributed by atoms with Gasteiger partial charge in [-0.3, -0.25) is 0 Å². The fourth-order valence-corrected chi connectivity index (χ4v) is 1.41. The van der Waals surface area contributed by atoms with Gasteiger partial charge in [0.25, 0.3) is 0 Å².